The Kier molecular flexibility index (Phi) is 4.01. The second-order valence-electron chi connectivity index (χ2n) is 3.97. The van der Waals surface area contributed by atoms with Gasteiger partial charge in [-0.3, -0.25) is 0 Å². The van der Waals surface area contributed by atoms with Gasteiger partial charge in [-0.15, -0.1) is 11.6 Å². The first-order valence-electron chi connectivity index (χ1n) is 5.14. The summed E-state index contributed by atoms with van der Waals surface area (Å²) in [6.07, 6.45) is 1.63. The smallest absolute Gasteiger partial charge is 0.173 e. The number of hydrogen-bond acceptors (Lipinski definition) is 1. The summed E-state index contributed by atoms with van der Waals surface area (Å²) in [6.45, 7) is 4.12. The van der Waals surface area contributed by atoms with Crippen LogP contribution in [0.25, 0.3) is 0 Å². The predicted molar refractivity (Wildman–Crippen MR) is 77.7 cm³/mol. The Morgan fingerprint density at radius 2 is 1.82 bits per heavy atom. The summed E-state index contributed by atoms with van der Waals surface area (Å²) in [7, 11) is 0. The van der Waals surface area contributed by atoms with Crippen molar-refractivity contribution < 1.29 is 4.42 Å². The molecule has 0 bridgehead atoms. The maximum atomic E-state index is 6.50. The maximum Gasteiger partial charge on any atom is 0.173 e. The minimum Gasteiger partial charge on any atom is -0.457 e. The summed E-state index contributed by atoms with van der Waals surface area (Å²) in [5, 5.41) is -0.199. The molecule has 0 aliphatic carbocycles. The van der Waals surface area contributed by atoms with E-state index >= 15 is 0 Å². The van der Waals surface area contributed by atoms with Crippen LogP contribution in [-0.2, 0) is 0 Å². The Morgan fingerprint density at radius 3 is 2.41 bits per heavy atom. The molecule has 0 saturated carbocycles. The van der Waals surface area contributed by atoms with Crippen LogP contribution in [0, 0.1) is 13.8 Å². The van der Waals surface area contributed by atoms with E-state index < -0.39 is 0 Å². The molecule has 2 rings (SSSR count). The number of benzene rings is 1. The molecule has 1 aromatic heterocycles. The molecule has 0 radical (unpaired) electrons. The van der Waals surface area contributed by atoms with E-state index in [4.69, 9.17) is 16.0 Å². The van der Waals surface area contributed by atoms with E-state index in [1.54, 1.807) is 6.26 Å². The molecule has 0 N–H and O–H groups in total. The molecule has 1 aromatic carbocycles. The van der Waals surface area contributed by atoms with Gasteiger partial charge in [-0.2, -0.15) is 0 Å². The van der Waals surface area contributed by atoms with Crippen molar-refractivity contribution in [1.29, 1.82) is 0 Å². The summed E-state index contributed by atoms with van der Waals surface area (Å²) >= 11 is 13.4. The third-order valence-electron chi connectivity index (χ3n) is 2.74. The van der Waals surface area contributed by atoms with Crippen molar-refractivity contribution in [2.45, 2.75) is 19.2 Å². The maximum absolute atomic E-state index is 6.50. The summed E-state index contributed by atoms with van der Waals surface area (Å²) in [4.78, 5) is 0. The van der Waals surface area contributed by atoms with Crippen LogP contribution in [0.1, 0.15) is 27.6 Å². The van der Waals surface area contributed by atoms with Crippen molar-refractivity contribution >= 4 is 43.5 Å². The van der Waals surface area contributed by atoms with Crippen LogP contribution >= 0.6 is 43.5 Å². The average molecular weight is 378 g/mol. The molecule has 4 heteroatoms. The Balaban J connectivity index is 2.48. The standard InChI is InChI=1S/C13H11Br2ClO/c1-7-6-11(14)8(2)5-10(7)12(16)9-3-4-17-13(9)15/h3-6,12H,1-2H3. The topological polar surface area (TPSA) is 13.1 Å². The third kappa shape index (κ3) is 2.61. The number of furan rings is 1. The first-order chi connectivity index (χ1) is 8.00. The molecule has 1 unspecified atom stereocenters. The van der Waals surface area contributed by atoms with E-state index in [1.807, 2.05) is 6.07 Å². The molecular formula is C13H11Br2ClO. The van der Waals surface area contributed by atoms with Gasteiger partial charge in [0.25, 0.3) is 0 Å². The van der Waals surface area contributed by atoms with Crippen LogP contribution in [0.3, 0.4) is 0 Å². The summed E-state index contributed by atoms with van der Waals surface area (Å²) < 4.78 is 7.02. The van der Waals surface area contributed by atoms with Crippen LogP contribution in [-0.4, -0.2) is 0 Å². The Hall–Kier alpha value is -0.250. The highest BCUT2D eigenvalue weighted by molar-refractivity contribution is 9.10. The molecule has 2 aromatic rings. The van der Waals surface area contributed by atoms with Gasteiger partial charge >= 0.3 is 0 Å². The van der Waals surface area contributed by atoms with Gasteiger partial charge in [0.05, 0.1) is 11.6 Å². The van der Waals surface area contributed by atoms with Crippen molar-refractivity contribution in [1.82, 2.24) is 0 Å². The van der Waals surface area contributed by atoms with Crippen molar-refractivity contribution in [2.24, 2.45) is 0 Å². The molecule has 1 atom stereocenters. The van der Waals surface area contributed by atoms with Crippen molar-refractivity contribution in [2.75, 3.05) is 0 Å². The molecule has 0 fully saturated rings. The third-order valence-corrected chi connectivity index (χ3v) is 4.71. The van der Waals surface area contributed by atoms with Gasteiger partial charge in [-0.25, -0.2) is 0 Å². The predicted octanol–water partition coefficient (Wildman–Crippen LogP) is 5.75. The summed E-state index contributed by atoms with van der Waals surface area (Å²) in [6, 6.07) is 6.09. The van der Waals surface area contributed by atoms with E-state index in [-0.39, 0.29) is 5.38 Å². The van der Waals surface area contributed by atoms with E-state index in [9.17, 15) is 0 Å². The minimum absolute atomic E-state index is 0.199. The van der Waals surface area contributed by atoms with Crippen molar-refractivity contribution in [3.8, 4) is 0 Å². The van der Waals surface area contributed by atoms with Crippen molar-refractivity contribution in [3.63, 3.8) is 0 Å². The largest absolute Gasteiger partial charge is 0.457 e. The first kappa shape index (κ1) is 13.2. The van der Waals surface area contributed by atoms with E-state index in [2.05, 4.69) is 57.8 Å². The summed E-state index contributed by atoms with van der Waals surface area (Å²) in [5.74, 6) is 0. The molecule has 0 aliphatic heterocycles. The number of rotatable bonds is 2. The quantitative estimate of drug-likeness (QED) is 0.607. The molecule has 1 nitrogen and oxygen atoms in total. The highest BCUT2D eigenvalue weighted by Crippen LogP contribution is 2.37. The lowest BCUT2D eigenvalue weighted by Crippen LogP contribution is -1.97. The first-order valence-corrected chi connectivity index (χ1v) is 7.16. The van der Waals surface area contributed by atoms with Gasteiger partial charge in [-0.1, -0.05) is 22.0 Å². The van der Waals surface area contributed by atoms with Gasteiger partial charge in [0.2, 0.25) is 0 Å². The van der Waals surface area contributed by atoms with E-state index in [0.29, 0.717) is 4.67 Å². The highest BCUT2D eigenvalue weighted by Gasteiger charge is 2.18. The monoisotopic (exact) mass is 376 g/mol. The van der Waals surface area contributed by atoms with Crippen LogP contribution in [0.2, 0.25) is 0 Å². The van der Waals surface area contributed by atoms with Crippen LogP contribution in [0.4, 0.5) is 0 Å². The van der Waals surface area contributed by atoms with E-state index in [0.717, 1.165) is 21.2 Å². The van der Waals surface area contributed by atoms with Gasteiger partial charge in [-0.05, 0) is 58.6 Å². The van der Waals surface area contributed by atoms with E-state index in [1.165, 1.54) is 5.56 Å². The number of halogens is 3. The molecule has 0 amide bonds. The molecule has 0 saturated heterocycles. The molecule has 90 valence electrons. The molecule has 1 heterocycles. The second-order valence-corrected chi connectivity index (χ2v) is 5.98. The Morgan fingerprint density at radius 1 is 1.12 bits per heavy atom. The van der Waals surface area contributed by atoms with Crippen LogP contribution in [0.5, 0.6) is 0 Å². The SMILES string of the molecule is Cc1cc(C(Cl)c2ccoc2Br)c(C)cc1Br. The second kappa shape index (κ2) is 5.17. The fourth-order valence-corrected chi connectivity index (χ4v) is 3.19. The molecule has 17 heavy (non-hydrogen) atoms. The van der Waals surface area contributed by atoms with Gasteiger partial charge in [0.1, 0.15) is 0 Å². The highest BCUT2D eigenvalue weighted by atomic mass is 79.9. The Labute approximate surface area is 122 Å². The zero-order valence-electron chi connectivity index (χ0n) is 9.43. The number of hydrogen-bond donors (Lipinski definition) is 0. The fraction of sp³-hybridized carbons (Fsp3) is 0.231. The lowest BCUT2D eigenvalue weighted by molar-refractivity contribution is 0.537. The zero-order chi connectivity index (χ0) is 12.6. The van der Waals surface area contributed by atoms with Crippen LogP contribution < -0.4 is 0 Å². The van der Waals surface area contributed by atoms with Gasteiger partial charge in [0, 0.05) is 10.0 Å². The molecule has 0 aliphatic rings. The number of alkyl halides is 1. The number of aryl methyl sites for hydroxylation is 2. The molecule has 0 spiro atoms. The minimum atomic E-state index is -0.199. The lowest BCUT2D eigenvalue weighted by Gasteiger charge is -2.14. The van der Waals surface area contributed by atoms with Crippen molar-refractivity contribution in [3.05, 3.63) is 55.9 Å². The van der Waals surface area contributed by atoms with Crippen LogP contribution in [0.15, 0.2) is 38.0 Å². The lowest BCUT2D eigenvalue weighted by atomic mass is 10.00. The summed E-state index contributed by atoms with van der Waals surface area (Å²) in [5.41, 5.74) is 4.40. The zero-order valence-corrected chi connectivity index (χ0v) is 13.4. The fourth-order valence-electron chi connectivity index (χ4n) is 1.73. The molecular weight excluding hydrogens is 367 g/mol. The normalized spacial score (nSPS) is 12.8. The Bertz CT molecular complexity index is 548. The van der Waals surface area contributed by atoms with Gasteiger partial charge < -0.3 is 4.42 Å². The van der Waals surface area contributed by atoms with Gasteiger partial charge in [0.15, 0.2) is 4.67 Å². The average Bonchev–Trinajstić information content (AvgIpc) is 2.69.